The number of hydrogen-bond donors (Lipinski definition) is 2. The van der Waals surface area contributed by atoms with Crippen LogP contribution in [0.2, 0.25) is 0 Å². The van der Waals surface area contributed by atoms with Crippen molar-refractivity contribution in [2.45, 2.75) is 73.3 Å². The van der Waals surface area contributed by atoms with E-state index < -0.39 is 0 Å². The highest BCUT2D eigenvalue weighted by atomic mass is 127. The first-order chi connectivity index (χ1) is 12.9. The van der Waals surface area contributed by atoms with E-state index in [-0.39, 0.29) is 24.0 Å². The van der Waals surface area contributed by atoms with Crippen LogP contribution in [0.15, 0.2) is 4.99 Å². The Hall–Kier alpha value is -0.830. The molecule has 0 fully saturated rings. The minimum absolute atomic E-state index is 0. The lowest BCUT2D eigenvalue weighted by Gasteiger charge is -2.21. The largest absolute Gasteiger partial charge is 0.357 e. The van der Waals surface area contributed by atoms with Crippen molar-refractivity contribution < 1.29 is 0 Å². The summed E-state index contributed by atoms with van der Waals surface area (Å²) < 4.78 is 1.97. The molecule has 1 heterocycles. The predicted octanol–water partition coefficient (Wildman–Crippen LogP) is 3.65. The molecular formula is C21H43IN6. The van der Waals surface area contributed by atoms with Crippen LogP contribution in [0, 0.1) is 13.8 Å². The Labute approximate surface area is 190 Å². The third kappa shape index (κ3) is 9.58. The molecule has 0 saturated carbocycles. The fourth-order valence-corrected chi connectivity index (χ4v) is 3.48. The average molecular weight is 507 g/mol. The maximum atomic E-state index is 4.78. The van der Waals surface area contributed by atoms with E-state index in [9.17, 15) is 0 Å². The lowest BCUT2D eigenvalue weighted by Crippen LogP contribution is -2.43. The molecule has 2 N–H and O–H groups in total. The summed E-state index contributed by atoms with van der Waals surface area (Å²) in [6.45, 7) is 18.3. The Morgan fingerprint density at radius 1 is 1.14 bits per heavy atom. The van der Waals surface area contributed by atoms with Gasteiger partial charge in [0.25, 0.3) is 0 Å². The molecule has 7 heteroatoms. The summed E-state index contributed by atoms with van der Waals surface area (Å²) in [5.41, 5.74) is 3.70. The molecule has 0 bridgehead atoms. The number of nitrogens with zero attached hydrogens (tertiary/aromatic N) is 4. The van der Waals surface area contributed by atoms with Crippen molar-refractivity contribution in [3.63, 3.8) is 0 Å². The molecule has 1 aromatic heterocycles. The van der Waals surface area contributed by atoms with Gasteiger partial charge in [-0.15, -0.1) is 24.0 Å². The van der Waals surface area contributed by atoms with Crippen molar-refractivity contribution in [1.82, 2.24) is 25.3 Å². The number of halogens is 1. The fourth-order valence-electron chi connectivity index (χ4n) is 3.48. The third-order valence-electron chi connectivity index (χ3n) is 4.88. The molecule has 1 unspecified atom stereocenters. The third-order valence-corrected chi connectivity index (χ3v) is 4.88. The monoisotopic (exact) mass is 506 g/mol. The van der Waals surface area contributed by atoms with Gasteiger partial charge in [-0.3, -0.25) is 9.67 Å². The van der Waals surface area contributed by atoms with Crippen LogP contribution in [0.3, 0.4) is 0 Å². The Kier molecular flexibility index (Phi) is 14.6. The van der Waals surface area contributed by atoms with Crippen LogP contribution in [0.25, 0.3) is 0 Å². The molecule has 0 radical (unpaired) electrons. The Morgan fingerprint density at radius 3 is 2.29 bits per heavy atom. The van der Waals surface area contributed by atoms with Crippen LogP contribution in [-0.2, 0) is 13.5 Å². The molecule has 1 rings (SSSR count). The quantitative estimate of drug-likeness (QED) is 0.197. The summed E-state index contributed by atoms with van der Waals surface area (Å²) >= 11 is 0. The molecule has 164 valence electrons. The number of rotatable bonds is 12. The van der Waals surface area contributed by atoms with E-state index in [1.165, 1.54) is 37.2 Å². The van der Waals surface area contributed by atoms with Crippen molar-refractivity contribution in [1.29, 1.82) is 0 Å². The highest BCUT2D eigenvalue weighted by molar-refractivity contribution is 14.0. The molecule has 28 heavy (non-hydrogen) atoms. The van der Waals surface area contributed by atoms with Crippen molar-refractivity contribution >= 4 is 29.9 Å². The molecular weight excluding hydrogens is 463 g/mol. The fraction of sp³-hybridized carbons (Fsp3) is 0.810. The average Bonchev–Trinajstić information content (AvgIpc) is 2.85. The van der Waals surface area contributed by atoms with Crippen LogP contribution < -0.4 is 10.6 Å². The van der Waals surface area contributed by atoms with Crippen LogP contribution in [-0.4, -0.2) is 59.4 Å². The second-order valence-electron chi connectivity index (χ2n) is 7.48. The topological polar surface area (TPSA) is 57.5 Å². The number of nitrogens with one attached hydrogen (secondary N) is 2. The van der Waals surface area contributed by atoms with Crippen LogP contribution in [0.1, 0.15) is 63.9 Å². The lowest BCUT2D eigenvalue weighted by molar-refractivity contribution is 0.273. The zero-order chi connectivity index (χ0) is 20.2. The Morgan fingerprint density at radius 2 is 1.79 bits per heavy atom. The first-order valence-corrected chi connectivity index (χ1v) is 10.7. The summed E-state index contributed by atoms with van der Waals surface area (Å²) in [4.78, 5) is 7.33. The van der Waals surface area contributed by atoms with Gasteiger partial charge in [-0.2, -0.15) is 5.10 Å². The molecule has 0 saturated heterocycles. The van der Waals surface area contributed by atoms with E-state index in [1.54, 1.807) is 0 Å². The van der Waals surface area contributed by atoms with E-state index >= 15 is 0 Å². The molecule has 1 aromatic rings. The van der Waals surface area contributed by atoms with Gasteiger partial charge in [0.05, 0.1) is 5.69 Å². The Bertz CT molecular complexity index is 563. The lowest BCUT2D eigenvalue weighted by atomic mass is 10.1. The minimum Gasteiger partial charge on any atom is -0.357 e. The first kappa shape index (κ1) is 27.2. The van der Waals surface area contributed by atoms with Crippen LogP contribution in [0.5, 0.6) is 0 Å². The summed E-state index contributed by atoms with van der Waals surface area (Å²) in [5.74, 6) is 0.918. The van der Waals surface area contributed by atoms with E-state index in [4.69, 9.17) is 4.99 Å². The van der Waals surface area contributed by atoms with Crippen molar-refractivity contribution in [2.24, 2.45) is 12.0 Å². The van der Waals surface area contributed by atoms with Gasteiger partial charge in [0.2, 0.25) is 0 Å². The number of aryl methyl sites for hydroxylation is 2. The summed E-state index contributed by atoms with van der Waals surface area (Å²) in [6.07, 6.45) is 4.50. The van der Waals surface area contributed by atoms with E-state index in [0.717, 1.165) is 44.1 Å². The maximum absolute atomic E-state index is 4.78. The second kappa shape index (κ2) is 15.1. The normalized spacial score (nSPS) is 12.8. The van der Waals surface area contributed by atoms with Gasteiger partial charge >= 0.3 is 0 Å². The molecule has 1 atom stereocenters. The van der Waals surface area contributed by atoms with Crippen molar-refractivity contribution in [3.8, 4) is 0 Å². The SMILES string of the molecule is CCCN(CCC)CCCN=C(NCC)NC(C)Cc1c(C)nn(C)c1C.I. The molecule has 0 aliphatic heterocycles. The van der Waals surface area contributed by atoms with Crippen LogP contribution in [0.4, 0.5) is 0 Å². The second-order valence-corrected chi connectivity index (χ2v) is 7.48. The van der Waals surface area contributed by atoms with Crippen molar-refractivity contribution in [2.75, 3.05) is 32.7 Å². The number of hydrogen-bond acceptors (Lipinski definition) is 3. The van der Waals surface area contributed by atoms with E-state index in [0.29, 0.717) is 6.04 Å². The summed E-state index contributed by atoms with van der Waals surface area (Å²) in [6, 6.07) is 0.307. The van der Waals surface area contributed by atoms with Gasteiger partial charge in [0.1, 0.15) is 0 Å². The van der Waals surface area contributed by atoms with E-state index in [1.807, 2.05) is 11.7 Å². The summed E-state index contributed by atoms with van der Waals surface area (Å²) in [7, 11) is 2.01. The standard InChI is InChI=1S/C21H42N6.HI/c1-8-13-27(14-9-2)15-11-12-23-21(22-10-3)24-17(4)16-20-18(5)25-26(7)19(20)6;/h17H,8-16H2,1-7H3,(H2,22,23,24);1H. The molecule has 0 amide bonds. The maximum Gasteiger partial charge on any atom is 0.191 e. The van der Waals surface area contributed by atoms with Gasteiger partial charge in [0, 0.05) is 31.9 Å². The zero-order valence-electron chi connectivity index (χ0n) is 19.1. The molecule has 0 aromatic carbocycles. The highest BCUT2D eigenvalue weighted by Crippen LogP contribution is 2.14. The molecule has 0 spiro atoms. The van der Waals surface area contributed by atoms with Gasteiger partial charge < -0.3 is 15.5 Å². The molecule has 0 aliphatic carbocycles. The smallest absolute Gasteiger partial charge is 0.191 e. The minimum atomic E-state index is 0. The van der Waals surface area contributed by atoms with E-state index in [2.05, 4.69) is 62.2 Å². The Balaban J connectivity index is 0.00000729. The number of guanidine groups is 1. The summed E-state index contributed by atoms with van der Waals surface area (Å²) in [5, 5.41) is 11.5. The number of aliphatic imine (C=N–C) groups is 1. The van der Waals surface area contributed by atoms with Crippen LogP contribution >= 0.6 is 24.0 Å². The zero-order valence-corrected chi connectivity index (χ0v) is 21.5. The predicted molar refractivity (Wildman–Crippen MR) is 132 cm³/mol. The van der Waals surface area contributed by atoms with Gasteiger partial charge in [0.15, 0.2) is 5.96 Å². The molecule has 0 aliphatic rings. The van der Waals surface area contributed by atoms with Crippen molar-refractivity contribution in [3.05, 3.63) is 17.0 Å². The van der Waals surface area contributed by atoms with Gasteiger partial charge in [-0.25, -0.2) is 0 Å². The van der Waals surface area contributed by atoms with Gasteiger partial charge in [-0.1, -0.05) is 13.8 Å². The van der Waals surface area contributed by atoms with Gasteiger partial charge in [-0.05, 0) is 78.6 Å². The first-order valence-electron chi connectivity index (χ1n) is 10.7. The molecule has 6 nitrogen and oxygen atoms in total. The number of aromatic nitrogens is 2. The highest BCUT2D eigenvalue weighted by Gasteiger charge is 2.14.